The standard InChI is InChI=1S/C12H17F2NS/c1-3-15-7-9(2)8-16-12-6-10(13)4-5-11(12)14/h4-6,9,15H,3,7-8H2,1-2H3. The first-order valence-corrected chi connectivity index (χ1v) is 6.40. The van der Waals surface area contributed by atoms with Gasteiger partial charge in [0.05, 0.1) is 0 Å². The van der Waals surface area contributed by atoms with Gasteiger partial charge >= 0.3 is 0 Å². The Morgan fingerprint density at radius 2 is 2.12 bits per heavy atom. The fraction of sp³-hybridized carbons (Fsp3) is 0.500. The smallest absolute Gasteiger partial charge is 0.136 e. The molecular formula is C12H17F2NS. The molecule has 0 amide bonds. The van der Waals surface area contributed by atoms with Gasteiger partial charge < -0.3 is 5.32 Å². The molecule has 0 aliphatic rings. The monoisotopic (exact) mass is 245 g/mol. The van der Waals surface area contributed by atoms with Gasteiger partial charge in [-0.25, -0.2) is 8.78 Å². The topological polar surface area (TPSA) is 12.0 Å². The molecule has 0 bridgehead atoms. The lowest BCUT2D eigenvalue weighted by Gasteiger charge is -2.11. The molecule has 1 nitrogen and oxygen atoms in total. The second kappa shape index (κ2) is 6.86. The lowest BCUT2D eigenvalue weighted by Crippen LogP contribution is -2.21. The fourth-order valence-electron chi connectivity index (χ4n) is 1.27. The van der Waals surface area contributed by atoms with E-state index in [1.807, 2.05) is 6.92 Å². The van der Waals surface area contributed by atoms with Crippen LogP contribution in [0.2, 0.25) is 0 Å². The molecule has 0 heterocycles. The van der Waals surface area contributed by atoms with Gasteiger partial charge in [-0.2, -0.15) is 0 Å². The first kappa shape index (κ1) is 13.5. The molecule has 1 aromatic rings. The Balaban J connectivity index is 2.44. The predicted molar refractivity (Wildman–Crippen MR) is 64.8 cm³/mol. The fourth-order valence-corrected chi connectivity index (χ4v) is 2.25. The zero-order valence-electron chi connectivity index (χ0n) is 9.59. The molecule has 0 aromatic heterocycles. The van der Waals surface area contributed by atoms with E-state index < -0.39 is 0 Å². The van der Waals surface area contributed by atoms with Gasteiger partial charge in [-0.3, -0.25) is 0 Å². The summed E-state index contributed by atoms with van der Waals surface area (Å²) in [4.78, 5) is 0.392. The Bertz CT molecular complexity index is 331. The highest BCUT2D eigenvalue weighted by Crippen LogP contribution is 2.24. The van der Waals surface area contributed by atoms with Gasteiger partial charge in [0.25, 0.3) is 0 Å². The molecule has 1 atom stereocenters. The summed E-state index contributed by atoms with van der Waals surface area (Å²) < 4.78 is 26.2. The quantitative estimate of drug-likeness (QED) is 0.772. The zero-order valence-corrected chi connectivity index (χ0v) is 10.4. The van der Waals surface area contributed by atoms with E-state index in [1.54, 1.807) is 0 Å². The summed E-state index contributed by atoms with van der Waals surface area (Å²) >= 11 is 1.36. The maximum Gasteiger partial charge on any atom is 0.136 e. The minimum atomic E-state index is -0.386. The Morgan fingerprint density at radius 3 is 2.81 bits per heavy atom. The van der Waals surface area contributed by atoms with E-state index in [1.165, 1.54) is 23.9 Å². The molecule has 4 heteroatoms. The third kappa shape index (κ3) is 4.49. The van der Waals surface area contributed by atoms with Crippen LogP contribution in [0.1, 0.15) is 13.8 Å². The molecule has 0 radical (unpaired) electrons. The van der Waals surface area contributed by atoms with Gasteiger partial charge in [-0.1, -0.05) is 13.8 Å². The maximum absolute atomic E-state index is 13.3. The molecule has 1 aromatic carbocycles. The van der Waals surface area contributed by atoms with Crippen LogP contribution in [0, 0.1) is 17.6 Å². The maximum atomic E-state index is 13.3. The van der Waals surface area contributed by atoms with Crippen molar-refractivity contribution in [2.45, 2.75) is 18.7 Å². The molecule has 0 saturated carbocycles. The minimum Gasteiger partial charge on any atom is -0.317 e. The highest BCUT2D eigenvalue weighted by Gasteiger charge is 2.07. The molecule has 1 rings (SSSR count). The van der Waals surface area contributed by atoms with Crippen LogP contribution >= 0.6 is 11.8 Å². The Kier molecular flexibility index (Phi) is 5.77. The van der Waals surface area contributed by atoms with Crippen LogP contribution in [-0.2, 0) is 0 Å². The summed E-state index contributed by atoms with van der Waals surface area (Å²) in [5.41, 5.74) is 0. The summed E-state index contributed by atoms with van der Waals surface area (Å²) in [5, 5.41) is 3.23. The van der Waals surface area contributed by atoms with Crippen molar-refractivity contribution in [1.29, 1.82) is 0 Å². The van der Waals surface area contributed by atoms with Crippen LogP contribution in [0.5, 0.6) is 0 Å². The number of thioether (sulfide) groups is 1. The van der Waals surface area contributed by atoms with Crippen molar-refractivity contribution >= 4 is 11.8 Å². The first-order valence-electron chi connectivity index (χ1n) is 5.42. The first-order chi connectivity index (χ1) is 7.63. The highest BCUT2D eigenvalue weighted by atomic mass is 32.2. The second-order valence-electron chi connectivity index (χ2n) is 3.80. The van der Waals surface area contributed by atoms with Gasteiger partial charge in [0, 0.05) is 10.6 Å². The van der Waals surface area contributed by atoms with Gasteiger partial charge in [0.2, 0.25) is 0 Å². The third-order valence-corrected chi connectivity index (χ3v) is 3.52. The largest absolute Gasteiger partial charge is 0.317 e. The molecule has 1 N–H and O–H groups in total. The average Bonchev–Trinajstić information content (AvgIpc) is 2.27. The van der Waals surface area contributed by atoms with Crippen molar-refractivity contribution in [3.8, 4) is 0 Å². The number of hydrogen-bond donors (Lipinski definition) is 1. The van der Waals surface area contributed by atoms with E-state index in [-0.39, 0.29) is 11.6 Å². The van der Waals surface area contributed by atoms with Crippen LogP contribution in [0.3, 0.4) is 0 Å². The molecule has 0 spiro atoms. The number of hydrogen-bond acceptors (Lipinski definition) is 2. The molecule has 16 heavy (non-hydrogen) atoms. The number of nitrogens with one attached hydrogen (secondary N) is 1. The van der Waals surface area contributed by atoms with Crippen LogP contribution < -0.4 is 5.32 Å². The number of halogens is 2. The molecule has 0 fully saturated rings. The average molecular weight is 245 g/mol. The number of benzene rings is 1. The highest BCUT2D eigenvalue weighted by molar-refractivity contribution is 7.99. The molecule has 0 aliphatic heterocycles. The normalized spacial score (nSPS) is 12.8. The number of rotatable bonds is 6. The summed E-state index contributed by atoms with van der Waals surface area (Å²) in [6.07, 6.45) is 0. The summed E-state index contributed by atoms with van der Waals surface area (Å²) in [6.45, 7) is 5.97. The summed E-state index contributed by atoms with van der Waals surface area (Å²) in [6, 6.07) is 3.56. The molecule has 0 saturated heterocycles. The van der Waals surface area contributed by atoms with E-state index in [0.29, 0.717) is 10.8 Å². The van der Waals surface area contributed by atoms with Gasteiger partial charge in [-0.15, -0.1) is 11.8 Å². The minimum absolute atomic E-state index is 0.345. The lowest BCUT2D eigenvalue weighted by molar-refractivity contribution is 0.567. The lowest BCUT2D eigenvalue weighted by atomic mass is 10.2. The van der Waals surface area contributed by atoms with E-state index in [9.17, 15) is 8.78 Å². The third-order valence-electron chi connectivity index (χ3n) is 2.16. The van der Waals surface area contributed by atoms with Crippen molar-refractivity contribution in [1.82, 2.24) is 5.32 Å². The molecular weight excluding hydrogens is 228 g/mol. The Labute approximate surface area is 99.6 Å². The van der Waals surface area contributed by atoms with Crippen molar-refractivity contribution in [2.24, 2.45) is 5.92 Å². The van der Waals surface area contributed by atoms with Crippen LogP contribution in [0.25, 0.3) is 0 Å². The van der Waals surface area contributed by atoms with E-state index in [0.717, 1.165) is 24.9 Å². The van der Waals surface area contributed by atoms with Crippen molar-refractivity contribution in [3.63, 3.8) is 0 Å². The second-order valence-corrected chi connectivity index (χ2v) is 4.86. The van der Waals surface area contributed by atoms with E-state index >= 15 is 0 Å². The SMILES string of the molecule is CCNCC(C)CSc1cc(F)ccc1F. The zero-order chi connectivity index (χ0) is 12.0. The summed E-state index contributed by atoms with van der Waals surface area (Å²) in [7, 11) is 0. The molecule has 0 aliphatic carbocycles. The summed E-state index contributed by atoms with van der Waals surface area (Å²) in [5.74, 6) is 0.491. The Hall–Kier alpha value is -0.610. The van der Waals surface area contributed by atoms with Gasteiger partial charge in [0.1, 0.15) is 11.6 Å². The van der Waals surface area contributed by atoms with Crippen molar-refractivity contribution in [2.75, 3.05) is 18.8 Å². The van der Waals surface area contributed by atoms with Gasteiger partial charge in [-0.05, 0) is 37.2 Å². The van der Waals surface area contributed by atoms with Crippen molar-refractivity contribution in [3.05, 3.63) is 29.8 Å². The van der Waals surface area contributed by atoms with Crippen molar-refractivity contribution < 1.29 is 8.78 Å². The van der Waals surface area contributed by atoms with E-state index in [2.05, 4.69) is 12.2 Å². The molecule has 1 unspecified atom stereocenters. The van der Waals surface area contributed by atoms with Gasteiger partial charge in [0.15, 0.2) is 0 Å². The Morgan fingerprint density at radius 1 is 1.38 bits per heavy atom. The molecule has 90 valence electrons. The van der Waals surface area contributed by atoms with Crippen LogP contribution in [-0.4, -0.2) is 18.8 Å². The van der Waals surface area contributed by atoms with Crippen LogP contribution in [0.4, 0.5) is 8.78 Å². The predicted octanol–water partition coefficient (Wildman–Crippen LogP) is 3.30. The van der Waals surface area contributed by atoms with E-state index in [4.69, 9.17) is 0 Å². The van der Waals surface area contributed by atoms with Crippen LogP contribution in [0.15, 0.2) is 23.1 Å².